The van der Waals surface area contributed by atoms with Gasteiger partial charge in [0.1, 0.15) is 17.3 Å². The van der Waals surface area contributed by atoms with Gasteiger partial charge in [-0.1, -0.05) is 22.9 Å². The average Bonchev–Trinajstić information content (AvgIpc) is 2.89. The average molecular weight is 571 g/mol. The van der Waals surface area contributed by atoms with Gasteiger partial charge in [0.25, 0.3) is 5.91 Å². The van der Waals surface area contributed by atoms with Gasteiger partial charge >= 0.3 is 11.8 Å². The number of benzene rings is 3. The van der Waals surface area contributed by atoms with Gasteiger partial charge in [-0.25, -0.2) is 9.82 Å². The maximum atomic E-state index is 13.0. The van der Waals surface area contributed by atoms with Crippen molar-refractivity contribution in [3.8, 4) is 11.5 Å². The van der Waals surface area contributed by atoms with Crippen molar-refractivity contribution in [1.29, 1.82) is 0 Å². The first-order chi connectivity index (χ1) is 17.8. The molecular weight excluding hydrogens is 547 g/mol. The van der Waals surface area contributed by atoms with Crippen molar-refractivity contribution in [3.63, 3.8) is 0 Å². The van der Waals surface area contributed by atoms with E-state index >= 15 is 0 Å². The van der Waals surface area contributed by atoms with Gasteiger partial charge in [0.15, 0.2) is 6.61 Å². The second kappa shape index (κ2) is 13.7. The molecule has 0 aliphatic heterocycles. The fourth-order valence-corrected chi connectivity index (χ4v) is 3.26. The highest BCUT2D eigenvalue weighted by atomic mass is 79.9. The van der Waals surface area contributed by atoms with Crippen molar-refractivity contribution >= 4 is 51.2 Å². The first kappa shape index (κ1) is 27.3. The summed E-state index contributed by atoms with van der Waals surface area (Å²) in [7, 11) is 0. The Morgan fingerprint density at radius 3 is 2.30 bits per heavy atom. The largest absolute Gasteiger partial charge is 0.494 e. The lowest BCUT2D eigenvalue weighted by atomic mass is 10.2. The highest BCUT2D eigenvalue weighted by molar-refractivity contribution is 9.10. The van der Waals surface area contributed by atoms with Crippen LogP contribution in [0.2, 0.25) is 0 Å². The minimum atomic E-state index is -0.973. The zero-order chi connectivity index (χ0) is 26.6. The van der Waals surface area contributed by atoms with E-state index in [4.69, 9.17) is 9.47 Å². The van der Waals surface area contributed by atoms with Crippen LogP contribution >= 0.6 is 15.9 Å². The van der Waals surface area contributed by atoms with Crippen molar-refractivity contribution in [1.82, 2.24) is 5.43 Å². The number of hydrazone groups is 1. The van der Waals surface area contributed by atoms with Crippen LogP contribution in [0.15, 0.2) is 76.3 Å². The van der Waals surface area contributed by atoms with Gasteiger partial charge in [0.05, 0.1) is 12.8 Å². The molecule has 3 aromatic rings. The van der Waals surface area contributed by atoms with E-state index in [1.54, 1.807) is 42.5 Å². The van der Waals surface area contributed by atoms with Crippen molar-refractivity contribution in [3.05, 3.63) is 82.6 Å². The lowest BCUT2D eigenvalue weighted by molar-refractivity contribution is -0.136. The minimum Gasteiger partial charge on any atom is -0.494 e. The van der Waals surface area contributed by atoms with Gasteiger partial charge in [-0.05, 0) is 73.2 Å². The summed E-state index contributed by atoms with van der Waals surface area (Å²) in [6, 6.07) is 16.9. The van der Waals surface area contributed by atoms with Crippen molar-refractivity contribution in [2.45, 2.75) is 13.3 Å². The summed E-state index contributed by atoms with van der Waals surface area (Å²) < 4.78 is 24.8. The van der Waals surface area contributed by atoms with Crippen LogP contribution in [0.1, 0.15) is 18.9 Å². The van der Waals surface area contributed by atoms with Gasteiger partial charge in [0.2, 0.25) is 0 Å². The van der Waals surface area contributed by atoms with E-state index in [9.17, 15) is 18.8 Å². The van der Waals surface area contributed by atoms with Gasteiger partial charge in [0, 0.05) is 21.4 Å². The van der Waals surface area contributed by atoms with E-state index in [-0.39, 0.29) is 6.61 Å². The Morgan fingerprint density at radius 2 is 1.59 bits per heavy atom. The molecule has 0 fully saturated rings. The van der Waals surface area contributed by atoms with E-state index in [1.807, 2.05) is 6.92 Å². The Balaban J connectivity index is 1.53. The molecular formula is C26H24BrFN4O5. The molecule has 0 spiro atoms. The number of anilines is 2. The second-order valence-corrected chi connectivity index (χ2v) is 8.47. The van der Waals surface area contributed by atoms with Gasteiger partial charge in [-0.15, -0.1) is 0 Å². The molecule has 0 saturated heterocycles. The first-order valence-corrected chi connectivity index (χ1v) is 12.0. The van der Waals surface area contributed by atoms with E-state index in [2.05, 4.69) is 37.1 Å². The molecule has 0 aliphatic rings. The minimum absolute atomic E-state index is 0.310. The topological polar surface area (TPSA) is 118 Å². The summed E-state index contributed by atoms with van der Waals surface area (Å²) in [5, 5.41) is 8.88. The number of nitrogens with one attached hydrogen (secondary N) is 3. The van der Waals surface area contributed by atoms with Crippen LogP contribution in [-0.4, -0.2) is 37.1 Å². The molecule has 3 amide bonds. The first-order valence-electron chi connectivity index (χ1n) is 11.2. The fraction of sp³-hybridized carbons (Fsp3) is 0.154. The Hall–Kier alpha value is -4.25. The molecule has 0 heterocycles. The fourth-order valence-electron chi connectivity index (χ4n) is 2.88. The molecule has 0 aromatic heterocycles. The predicted octanol–water partition coefficient (Wildman–Crippen LogP) is 4.48. The van der Waals surface area contributed by atoms with Crippen molar-refractivity contribution in [2.75, 3.05) is 23.8 Å². The van der Waals surface area contributed by atoms with Crippen molar-refractivity contribution < 1.29 is 28.2 Å². The van der Waals surface area contributed by atoms with E-state index < -0.39 is 23.5 Å². The summed E-state index contributed by atoms with van der Waals surface area (Å²) in [6.07, 6.45) is 2.16. The number of hydrogen-bond acceptors (Lipinski definition) is 6. The van der Waals surface area contributed by atoms with Crippen LogP contribution in [0.3, 0.4) is 0 Å². The molecule has 3 rings (SSSR count). The van der Waals surface area contributed by atoms with Crippen LogP contribution in [0.25, 0.3) is 0 Å². The molecule has 0 saturated carbocycles. The zero-order valence-electron chi connectivity index (χ0n) is 19.8. The molecule has 3 N–H and O–H groups in total. The normalized spacial score (nSPS) is 10.6. The Labute approximate surface area is 221 Å². The number of ether oxygens (including phenoxy) is 2. The number of carbonyl (C=O) groups excluding carboxylic acids is 3. The van der Waals surface area contributed by atoms with E-state index in [1.165, 1.54) is 30.5 Å². The molecule has 192 valence electrons. The van der Waals surface area contributed by atoms with Crippen LogP contribution in [0.5, 0.6) is 11.5 Å². The predicted molar refractivity (Wildman–Crippen MR) is 141 cm³/mol. The number of amides is 3. The van der Waals surface area contributed by atoms with Gasteiger partial charge in [-0.2, -0.15) is 5.10 Å². The number of nitrogens with zero attached hydrogens (tertiary/aromatic N) is 1. The Bertz CT molecular complexity index is 1270. The number of carbonyl (C=O) groups is 3. The third-order valence-electron chi connectivity index (χ3n) is 4.62. The SMILES string of the molecule is CCCOc1ccc(NC(=O)C(=O)N/N=C\c2cc(Br)ccc2OCC(=O)Nc2ccc(F)cc2)cc1. The number of hydrogen-bond donors (Lipinski definition) is 3. The summed E-state index contributed by atoms with van der Waals surface area (Å²) in [4.78, 5) is 36.4. The van der Waals surface area contributed by atoms with E-state index in [0.717, 1.165) is 6.42 Å². The zero-order valence-corrected chi connectivity index (χ0v) is 21.4. The number of halogens is 2. The summed E-state index contributed by atoms with van der Waals surface area (Å²) in [6.45, 7) is 2.26. The van der Waals surface area contributed by atoms with Gasteiger partial charge < -0.3 is 20.1 Å². The third kappa shape index (κ3) is 9.04. The van der Waals surface area contributed by atoms with Crippen LogP contribution in [0.4, 0.5) is 15.8 Å². The molecule has 0 atom stereocenters. The molecule has 3 aromatic carbocycles. The molecule has 0 radical (unpaired) electrons. The smallest absolute Gasteiger partial charge is 0.329 e. The van der Waals surface area contributed by atoms with Crippen LogP contribution in [0, 0.1) is 5.82 Å². The second-order valence-electron chi connectivity index (χ2n) is 7.55. The third-order valence-corrected chi connectivity index (χ3v) is 5.11. The summed E-state index contributed by atoms with van der Waals surface area (Å²) in [5.74, 6) is -1.77. The monoisotopic (exact) mass is 570 g/mol. The molecule has 37 heavy (non-hydrogen) atoms. The highest BCUT2D eigenvalue weighted by Gasteiger charge is 2.13. The summed E-state index contributed by atoms with van der Waals surface area (Å²) >= 11 is 3.34. The van der Waals surface area contributed by atoms with Gasteiger partial charge in [-0.3, -0.25) is 14.4 Å². The Morgan fingerprint density at radius 1 is 0.919 bits per heavy atom. The van der Waals surface area contributed by atoms with Crippen LogP contribution in [-0.2, 0) is 14.4 Å². The standard InChI is InChI=1S/C26H24BrFN4O5/c1-2-13-36-22-10-8-21(9-11-22)31-25(34)26(35)32-29-15-17-14-18(27)3-12-23(17)37-16-24(33)30-20-6-4-19(28)5-7-20/h3-12,14-15H,2,13,16H2,1H3,(H,30,33)(H,31,34)(H,32,35)/b29-15-. The van der Waals surface area contributed by atoms with Crippen LogP contribution < -0.4 is 25.5 Å². The molecule has 0 aliphatic carbocycles. The molecule has 9 nitrogen and oxygen atoms in total. The highest BCUT2D eigenvalue weighted by Crippen LogP contribution is 2.22. The van der Waals surface area contributed by atoms with Crippen molar-refractivity contribution in [2.24, 2.45) is 5.10 Å². The quantitative estimate of drug-likeness (QED) is 0.189. The maximum absolute atomic E-state index is 13.0. The Kier molecular flexibility index (Phi) is 10.1. The summed E-state index contributed by atoms with van der Waals surface area (Å²) in [5.41, 5.74) is 3.44. The number of rotatable bonds is 10. The van der Waals surface area contributed by atoms with E-state index in [0.29, 0.717) is 39.5 Å². The molecule has 11 heteroatoms. The molecule has 0 unspecified atom stereocenters. The molecule has 0 bridgehead atoms. The maximum Gasteiger partial charge on any atom is 0.329 e. The lowest BCUT2D eigenvalue weighted by Gasteiger charge is -2.10. The lowest BCUT2D eigenvalue weighted by Crippen LogP contribution is -2.32.